The lowest BCUT2D eigenvalue weighted by molar-refractivity contribution is -0.136. The van der Waals surface area contributed by atoms with Gasteiger partial charge in [-0.05, 0) is 6.42 Å². The number of amidine groups is 1. The molecule has 1 heterocycles. The van der Waals surface area contributed by atoms with Crippen molar-refractivity contribution in [3.05, 3.63) is 11.8 Å². The van der Waals surface area contributed by atoms with Crippen molar-refractivity contribution < 1.29 is 14.3 Å². The molecular formula is C12H20N2O3. The first-order valence-electron chi connectivity index (χ1n) is 5.89. The van der Waals surface area contributed by atoms with Crippen LogP contribution in [-0.4, -0.2) is 32.3 Å². The van der Waals surface area contributed by atoms with Crippen molar-refractivity contribution >= 4 is 12.0 Å². The maximum Gasteiger partial charge on any atom is 0.337 e. The minimum Gasteiger partial charge on any atom is -0.468 e. The number of methoxy groups -OCH3 is 2. The molecule has 1 aliphatic heterocycles. The van der Waals surface area contributed by atoms with Gasteiger partial charge in [0, 0.05) is 6.20 Å². The van der Waals surface area contributed by atoms with Gasteiger partial charge in [-0.3, -0.25) is 0 Å². The molecule has 0 aromatic carbocycles. The molecule has 96 valence electrons. The van der Waals surface area contributed by atoms with Crippen LogP contribution in [0.4, 0.5) is 0 Å². The molecule has 0 spiro atoms. The Morgan fingerprint density at radius 2 is 2.24 bits per heavy atom. The predicted octanol–water partition coefficient (Wildman–Crippen LogP) is 1.60. The Hall–Kier alpha value is -1.52. The maximum absolute atomic E-state index is 11.6. The summed E-state index contributed by atoms with van der Waals surface area (Å²) in [6.07, 6.45) is 5.75. The average molecular weight is 240 g/mol. The third-order valence-electron chi connectivity index (χ3n) is 2.70. The molecule has 1 aliphatic rings. The fourth-order valence-electron chi connectivity index (χ4n) is 1.73. The van der Waals surface area contributed by atoms with E-state index in [4.69, 9.17) is 9.47 Å². The van der Waals surface area contributed by atoms with E-state index in [0.717, 1.165) is 25.7 Å². The highest BCUT2D eigenvalue weighted by molar-refractivity contribution is 5.92. The molecule has 0 saturated carbocycles. The van der Waals surface area contributed by atoms with E-state index in [-0.39, 0.29) is 12.0 Å². The highest BCUT2D eigenvalue weighted by Crippen LogP contribution is 2.16. The number of aliphatic imine (C=N–C) groups is 1. The molecule has 1 rings (SSSR count). The van der Waals surface area contributed by atoms with Crippen LogP contribution in [0, 0.1) is 0 Å². The van der Waals surface area contributed by atoms with E-state index in [0.29, 0.717) is 11.6 Å². The number of hydrogen-bond donors (Lipinski definition) is 1. The molecule has 0 aromatic heterocycles. The minimum atomic E-state index is -0.335. The maximum atomic E-state index is 11.6. The molecule has 1 atom stereocenters. The van der Waals surface area contributed by atoms with Gasteiger partial charge in [0.2, 0.25) is 0 Å². The summed E-state index contributed by atoms with van der Waals surface area (Å²) in [6.45, 7) is 2.15. The monoisotopic (exact) mass is 240 g/mol. The third-order valence-corrected chi connectivity index (χ3v) is 2.70. The second kappa shape index (κ2) is 6.93. The van der Waals surface area contributed by atoms with Crippen molar-refractivity contribution in [2.24, 2.45) is 4.99 Å². The number of carbonyl (C=O) groups excluding carboxylic acids is 1. The largest absolute Gasteiger partial charge is 0.468 e. The Morgan fingerprint density at radius 1 is 1.47 bits per heavy atom. The lowest BCUT2D eigenvalue weighted by atomic mass is 10.0. The molecule has 1 N–H and O–H groups in total. The summed E-state index contributed by atoms with van der Waals surface area (Å²) < 4.78 is 9.77. The van der Waals surface area contributed by atoms with Crippen molar-refractivity contribution in [3.8, 4) is 0 Å². The van der Waals surface area contributed by atoms with Gasteiger partial charge in [0.1, 0.15) is 0 Å². The number of ether oxygens (including phenoxy) is 2. The molecule has 5 nitrogen and oxygen atoms in total. The van der Waals surface area contributed by atoms with Gasteiger partial charge in [-0.1, -0.05) is 26.2 Å². The molecular weight excluding hydrogens is 220 g/mol. The van der Waals surface area contributed by atoms with Gasteiger partial charge in [0.05, 0.1) is 25.8 Å². The molecule has 0 bridgehead atoms. The summed E-state index contributed by atoms with van der Waals surface area (Å²) in [4.78, 5) is 15.6. The van der Waals surface area contributed by atoms with Crippen molar-refractivity contribution in [1.82, 2.24) is 5.32 Å². The Kier molecular flexibility index (Phi) is 5.52. The van der Waals surface area contributed by atoms with Gasteiger partial charge in [0.25, 0.3) is 6.02 Å². The number of hydrogen-bond acceptors (Lipinski definition) is 5. The number of nitrogens with zero attached hydrogens (tertiary/aromatic N) is 1. The number of carbonyl (C=O) groups is 1. The molecule has 0 fully saturated rings. The first kappa shape index (κ1) is 13.5. The SMILES string of the molecule is CCCCCC1NC(OC)=NC=C1C(=O)OC. The number of unbranched alkanes of at least 4 members (excludes halogenated alkanes) is 2. The molecule has 0 amide bonds. The van der Waals surface area contributed by atoms with Crippen molar-refractivity contribution in [2.45, 2.75) is 38.6 Å². The van der Waals surface area contributed by atoms with Gasteiger partial charge >= 0.3 is 5.97 Å². The van der Waals surface area contributed by atoms with E-state index in [2.05, 4.69) is 17.2 Å². The molecule has 5 heteroatoms. The normalized spacial score (nSPS) is 18.9. The summed E-state index contributed by atoms with van der Waals surface area (Å²) in [6, 6.07) is 0.376. The Labute approximate surface area is 102 Å². The standard InChI is InChI=1S/C12H20N2O3/c1-4-5-6-7-10-9(11(15)16-2)8-13-12(14-10)17-3/h8,10H,4-7H2,1-3H3,(H,13,14). The zero-order valence-corrected chi connectivity index (χ0v) is 10.7. The zero-order chi connectivity index (χ0) is 12.7. The highest BCUT2D eigenvalue weighted by atomic mass is 16.5. The summed E-state index contributed by atoms with van der Waals surface area (Å²) in [5.74, 6) is -0.335. The van der Waals surface area contributed by atoms with Crippen LogP contribution < -0.4 is 5.32 Å². The second-order valence-corrected chi connectivity index (χ2v) is 3.91. The minimum absolute atomic E-state index is 0.0681. The van der Waals surface area contributed by atoms with Gasteiger partial charge in [-0.15, -0.1) is 0 Å². The van der Waals surface area contributed by atoms with Gasteiger partial charge in [0.15, 0.2) is 0 Å². The topological polar surface area (TPSA) is 59.9 Å². The summed E-state index contributed by atoms with van der Waals surface area (Å²) >= 11 is 0. The summed E-state index contributed by atoms with van der Waals surface area (Å²) in [5.41, 5.74) is 0.560. The first-order valence-corrected chi connectivity index (χ1v) is 5.89. The van der Waals surface area contributed by atoms with Gasteiger partial charge in [-0.2, -0.15) is 0 Å². The summed E-state index contributed by atoms with van der Waals surface area (Å²) in [7, 11) is 2.92. The summed E-state index contributed by atoms with van der Waals surface area (Å²) in [5, 5.41) is 3.09. The molecule has 0 saturated heterocycles. The number of rotatable bonds is 5. The van der Waals surface area contributed by atoms with E-state index in [9.17, 15) is 4.79 Å². The van der Waals surface area contributed by atoms with Gasteiger partial charge in [-0.25, -0.2) is 9.79 Å². The smallest absolute Gasteiger partial charge is 0.337 e. The van der Waals surface area contributed by atoms with Gasteiger partial charge < -0.3 is 14.8 Å². The molecule has 0 aromatic rings. The fourth-order valence-corrected chi connectivity index (χ4v) is 1.73. The van der Waals surface area contributed by atoms with Crippen LogP contribution in [0.2, 0.25) is 0 Å². The van der Waals surface area contributed by atoms with E-state index in [1.807, 2.05) is 0 Å². The first-order chi connectivity index (χ1) is 8.22. The van der Waals surface area contributed by atoms with Crippen molar-refractivity contribution in [3.63, 3.8) is 0 Å². The van der Waals surface area contributed by atoms with Crippen molar-refractivity contribution in [2.75, 3.05) is 14.2 Å². The Morgan fingerprint density at radius 3 is 2.82 bits per heavy atom. The van der Waals surface area contributed by atoms with Crippen LogP contribution in [0.3, 0.4) is 0 Å². The quantitative estimate of drug-likeness (QED) is 0.585. The molecule has 0 aliphatic carbocycles. The lowest BCUT2D eigenvalue weighted by Crippen LogP contribution is -2.41. The zero-order valence-electron chi connectivity index (χ0n) is 10.7. The van der Waals surface area contributed by atoms with Crippen LogP contribution in [-0.2, 0) is 14.3 Å². The van der Waals surface area contributed by atoms with Crippen LogP contribution in [0.25, 0.3) is 0 Å². The van der Waals surface area contributed by atoms with E-state index in [1.165, 1.54) is 13.3 Å². The third kappa shape index (κ3) is 3.76. The lowest BCUT2D eigenvalue weighted by Gasteiger charge is -2.23. The molecule has 17 heavy (non-hydrogen) atoms. The van der Waals surface area contributed by atoms with E-state index >= 15 is 0 Å². The number of esters is 1. The molecule has 0 radical (unpaired) electrons. The van der Waals surface area contributed by atoms with E-state index in [1.54, 1.807) is 7.11 Å². The Bertz CT molecular complexity index is 324. The van der Waals surface area contributed by atoms with Crippen LogP contribution in [0.5, 0.6) is 0 Å². The Balaban J connectivity index is 2.68. The highest BCUT2D eigenvalue weighted by Gasteiger charge is 2.25. The second-order valence-electron chi connectivity index (χ2n) is 3.91. The van der Waals surface area contributed by atoms with Crippen LogP contribution in [0.15, 0.2) is 16.8 Å². The number of nitrogens with one attached hydrogen (secondary N) is 1. The average Bonchev–Trinajstić information content (AvgIpc) is 2.38. The van der Waals surface area contributed by atoms with Crippen molar-refractivity contribution in [1.29, 1.82) is 0 Å². The van der Waals surface area contributed by atoms with Crippen LogP contribution >= 0.6 is 0 Å². The van der Waals surface area contributed by atoms with Crippen LogP contribution in [0.1, 0.15) is 32.6 Å². The molecule has 1 unspecified atom stereocenters. The fraction of sp³-hybridized carbons (Fsp3) is 0.667. The van der Waals surface area contributed by atoms with E-state index < -0.39 is 0 Å². The predicted molar refractivity (Wildman–Crippen MR) is 65.6 cm³/mol.